The van der Waals surface area contributed by atoms with Gasteiger partial charge in [-0.25, -0.2) is 0 Å². The maximum atomic E-state index is 12.1. The Hall–Kier alpha value is -1.67. The molecule has 0 atom stereocenters. The van der Waals surface area contributed by atoms with Crippen molar-refractivity contribution in [3.63, 3.8) is 0 Å². The molecule has 0 bridgehead atoms. The zero-order chi connectivity index (χ0) is 14.7. The highest BCUT2D eigenvalue weighted by Crippen LogP contribution is 2.22. The minimum absolute atomic E-state index is 0.142. The number of nitro benzene ring substituents is 1. The maximum absolute atomic E-state index is 12.1. The van der Waals surface area contributed by atoms with Gasteiger partial charge in [0.2, 0.25) is 0 Å². The van der Waals surface area contributed by atoms with E-state index in [0.717, 1.165) is 3.57 Å². The van der Waals surface area contributed by atoms with Gasteiger partial charge in [-0.15, -0.1) is 0 Å². The fourth-order valence-corrected chi connectivity index (χ4v) is 2.35. The summed E-state index contributed by atoms with van der Waals surface area (Å²) in [4.78, 5) is 22.2. The summed E-state index contributed by atoms with van der Waals surface area (Å²) in [5.74, 6) is -0.447. The van der Waals surface area contributed by atoms with Crippen molar-refractivity contribution >= 4 is 51.5 Å². The summed E-state index contributed by atoms with van der Waals surface area (Å²) < 4.78 is 0.970. The van der Waals surface area contributed by atoms with Gasteiger partial charge in [-0.05, 0) is 46.9 Å². The van der Waals surface area contributed by atoms with Crippen LogP contribution in [0.1, 0.15) is 10.4 Å². The molecule has 1 N–H and O–H groups in total. The number of amides is 1. The molecule has 20 heavy (non-hydrogen) atoms. The number of benzene rings is 2. The number of nitrogens with zero attached hydrogens (tertiary/aromatic N) is 1. The normalized spacial score (nSPS) is 10.1. The van der Waals surface area contributed by atoms with Gasteiger partial charge in [0.25, 0.3) is 11.6 Å². The number of hydrogen-bond acceptors (Lipinski definition) is 3. The summed E-state index contributed by atoms with van der Waals surface area (Å²) in [6, 6.07) is 11.0. The predicted molar refractivity (Wildman–Crippen MR) is 85.2 cm³/mol. The molecule has 0 unspecified atom stereocenters. The monoisotopic (exact) mass is 402 g/mol. The minimum atomic E-state index is -0.589. The lowest BCUT2D eigenvalue weighted by Crippen LogP contribution is -2.12. The molecule has 0 saturated carbocycles. The Labute approximate surface area is 133 Å². The molecular formula is C13H8ClIN2O3. The van der Waals surface area contributed by atoms with Crippen LogP contribution in [0.2, 0.25) is 5.02 Å². The van der Waals surface area contributed by atoms with Crippen LogP contribution in [0, 0.1) is 13.7 Å². The second-order valence-corrected chi connectivity index (χ2v) is 5.60. The highest BCUT2D eigenvalue weighted by molar-refractivity contribution is 14.1. The molecule has 0 aliphatic rings. The van der Waals surface area contributed by atoms with Gasteiger partial charge in [-0.2, -0.15) is 0 Å². The van der Waals surface area contributed by atoms with Crippen molar-refractivity contribution in [2.45, 2.75) is 0 Å². The molecular weight excluding hydrogens is 395 g/mol. The lowest BCUT2D eigenvalue weighted by atomic mass is 10.2. The molecule has 0 heterocycles. The number of rotatable bonds is 3. The largest absolute Gasteiger partial charge is 0.322 e. The quantitative estimate of drug-likeness (QED) is 0.477. The van der Waals surface area contributed by atoms with E-state index in [1.54, 1.807) is 18.2 Å². The Kier molecular flexibility index (Phi) is 4.56. The van der Waals surface area contributed by atoms with Gasteiger partial charge in [0, 0.05) is 32.0 Å². The molecule has 0 saturated heterocycles. The van der Waals surface area contributed by atoms with E-state index < -0.39 is 10.8 Å². The molecule has 0 radical (unpaired) electrons. The Morgan fingerprint density at radius 2 is 2.00 bits per heavy atom. The number of nitrogens with one attached hydrogen (secondary N) is 1. The van der Waals surface area contributed by atoms with Gasteiger partial charge in [-0.3, -0.25) is 14.9 Å². The fraction of sp³-hybridized carbons (Fsp3) is 0. The summed E-state index contributed by atoms with van der Waals surface area (Å²) in [5.41, 5.74) is 0.540. The van der Waals surface area contributed by atoms with Crippen molar-refractivity contribution in [1.29, 1.82) is 0 Å². The second kappa shape index (κ2) is 6.19. The first kappa shape index (κ1) is 14.7. The number of anilines is 1. The first-order valence-electron chi connectivity index (χ1n) is 5.47. The van der Waals surface area contributed by atoms with Gasteiger partial charge in [-0.1, -0.05) is 17.7 Å². The van der Waals surface area contributed by atoms with Crippen molar-refractivity contribution in [1.82, 2.24) is 0 Å². The van der Waals surface area contributed by atoms with Crippen molar-refractivity contribution < 1.29 is 9.72 Å². The van der Waals surface area contributed by atoms with E-state index >= 15 is 0 Å². The molecule has 0 aliphatic carbocycles. The molecule has 2 aromatic rings. The van der Waals surface area contributed by atoms with Crippen LogP contribution >= 0.6 is 34.2 Å². The average Bonchev–Trinajstić information content (AvgIpc) is 2.37. The van der Waals surface area contributed by atoms with Crippen molar-refractivity contribution in [2.24, 2.45) is 0 Å². The summed E-state index contributed by atoms with van der Waals surface area (Å²) in [5, 5.41) is 13.6. The van der Waals surface area contributed by atoms with E-state index in [2.05, 4.69) is 27.9 Å². The number of halogens is 2. The van der Waals surface area contributed by atoms with Gasteiger partial charge in [0.05, 0.1) is 4.92 Å². The predicted octanol–water partition coefficient (Wildman–Crippen LogP) is 4.11. The molecule has 0 spiro atoms. The third-order valence-electron chi connectivity index (χ3n) is 2.44. The minimum Gasteiger partial charge on any atom is -0.322 e. The van der Waals surface area contributed by atoms with Crippen LogP contribution in [0.15, 0.2) is 42.5 Å². The maximum Gasteiger partial charge on any atom is 0.271 e. The second-order valence-electron chi connectivity index (χ2n) is 3.92. The fourth-order valence-electron chi connectivity index (χ4n) is 1.58. The van der Waals surface area contributed by atoms with E-state index in [-0.39, 0.29) is 16.3 Å². The molecule has 5 nitrogen and oxygen atoms in total. The average molecular weight is 403 g/mol. The van der Waals surface area contributed by atoms with Gasteiger partial charge < -0.3 is 5.32 Å². The van der Waals surface area contributed by atoms with Crippen LogP contribution in [0.4, 0.5) is 11.4 Å². The first-order chi connectivity index (χ1) is 9.45. The van der Waals surface area contributed by atoms with Crippen LogP contribution in [-0.4, -0.2) is 10.8 Å². The summed E-state index contributed by atoms with van der Waals surface area (Å²) in [7, 11) is 0. The van der Waals surface area contributed by atoms with E-state index in [9.17, 15) is 14.9 Å². The summed E-state index contributed by atoms with van der Waals surface area (Å²) in [6.07, 6.45) is 0. The highest BCUT2D eigenvalue weighted by atomic mass is 127. The Morgan fingerprint density at radius 1 is 1.25 bits per heavy atom. The SMILES string of the molecule is O=C(Nc1cccc(I)c1)c1cc(Cl)cc([N+](=O)[O-])c1. The van der Waals surface area contributed by atoms with Crippen molar-refractivity contribution in [3.05, 3.63) is 66.7 Å². The molecule has 7 heteroatoms. The third-order valence-corrected chi connectivity index (χ3v) is 3.33. The smallest absolute Gasteiger partial charge is 0.271 e. The van der Waals surface area contributed by atoms with Crippen LogP contribution in [0.25, 0.3) is 0 Å². The molecule has 2 aromatic carbocycles. The lowest BCUT2D eigenvalue weighted by Gasteiger charge is -2.06. The Morgan fingerprint density at radius 3 is 2.65 bits per heavy atom. The van der Waals surface area contributed by atoms with Gasteiger partial charge >= 0.3 is 0 Å². The number of nitro groups is 1. The van der Waals surface area contributed by atoms with E-state index in [0.29, 0.717) is 5.69 Å². The third kappa shape index (κ3) is 3.67. The lowest BCUT2D eigenvalue weighted by molar-refractivity contribution is -0.384. The number of non-ortho nitro benzene ring substituents is 1. The number of carbonyl (C=O) groups is 1. The van der Waals surface area contributed by atoms with E-state index in [1.165, 1.54) is 18.2 Å². The van der Waals surface area contributed by atoms with Crippen LogP contribution in [0.5, 0.6) is 0 Å². The van der Waals surface area contributed by atoms with Crippen LogP contribution in [0.3, 0.4) is 0 Å². The molecule has 0 fully saturated rings. The van der Waals surface area contributed by atoms with E-state index in [4.69, 9.17) is 11.6 Å². The molecule has 102 valence electrons. The van der Waals surface area contributed by atoms with Crippen LogP contribution in [-0.2, 0) is 0 Å². The zero-order valence-corrected chi connectivity index (χ0v) is 12.9. The molecule has 0 aromatic heterocycles. The Balaban J connectivity index is 2.27. The van der Waals surface area contributed by atoms with Gasteiger partial charge in [0.1, 0.15) is 0 Å². The van der Waals surface area contributed by atoms with Gasteiger partial charge in [0.15, 0.2) is 0 Å². The zero-order valence-electron chi connectivity index (χ0n) is 9.97. The number of carbonyl (C=O) groups excluding carboxylic acids is 1. The first-order valence-corrected chi connectivity index (χ1v) is 6.93. The summed E-state index contributed by atoms with van der Waals surface area (Å²) >= 11 is 7.91. The highest BCUT2D eigenvalue weighted by Gasteiger charge is 2.14. The van der Waals surface area contributed by atoms with E-state index in [1.807, 2.05) is 6.07 Å². The summed E-state index contributed by atoms with van der Waals surface area (Å²) in [6.45, 7) is 0. The number of hydrogen-bond donors (Lipinski definition) is 1. The standard InChI is InChI=1S/C13H8ClIN2O3/c14-9-4-8(5-12(6-9)17(19)20)13(18)16-11-3-1-2-10(15)7-11/h1-7H,(H,16,18). The molecule has 2 rings (SSSR count). The van der Waals surface area contributed by atoms with Crippen LogP contribution < -0.4 is 5.32 Å². The van der Waals surface area contributed by atoms with Crippen molar-refractivity contribution in [3.8, 4) is 0 Å². The molecule has 1 amide bonds. The Bertz CT molecular complexity index is 691. The van der Waals surface area contributed by atoms with Crippen molar-refractivity contribution in [2.75, 3.05) is 5.32 Å². The topological polar surface area (TPSA) is 72.2 Å². The molecule has 0 aliphatic heterocycles.